The molecular weight excluding hydrogens is 328 g/mol. The van der Waals surface area contributed by atoms with Crippen LogP contribution in [-0.4, -0.2) is 29.4 Å². The molecule has 0 saturated heterocycles. The normalized spacial score (nSPS) is 14.3. The Kier molecular flexibility index (Phi) is 5.23. The molecule has 0 bridgehead atoms. The van der Waals surface area contributed by atoms with E-state index in [0.717, 1.165) is 28.1 Å². The standard InChI is InChI=1S/C20H24N4O2/c1-13-6-8-16(9-7-13)22-20(26)23-18-5-3-4-15-12-24(11-10-17(15)18)19(25)14(2)21/h3-9,14H,10-12,21H2,1-2H3,(H2,22,23,26)/t14-/m0/s1. The fourth-order valence-electron chi connectivity index (χ4n) is 3.12. The molecule has 0 aromatic heterocycles. The van der Waals surface area contributed by atoms with Gasteiger partial charge in [-0.1, -0.05) is 29.8 Å². The molecule has 0 radical (unpaired) electrons. The maximum Gasteiger partial charge on any atom is 0.323 e. The quantitative estimate of drug-likeness (QED) is 0.794. The Morgan fingerprint density at radius 3 is 2.54 bits per heavy atom. The number of nitrogens with two attached hydrogens (primary N) is 1. The third kappa shape index (κ3) is 4.03. The summed E-state index contributed by atoms with van der Waals surface area (Å²) in [7, 11) is 0. The van der Waals surface area contributed by atoms with Crippen molar-refractivity contribution in [2.45, 2.75) is 32.9 Å². The van der Waals surface area contributed by atoms with E-state index >= 15 is 0 Å². The van der Waals surface area contributed by atoms with Crippen molar-refractivity contribution in [3.05, 3.63) is 59.2 Å². The fraction of sp³-hybridized carbons (Fsp3) is 0.300. The van der Waals surface area contributed by atoms with Crippen LogP contribution < -0.4 is 16.4 Å². The lowest BCUT2D eigenvalue weighted by Crippen LogP contribution is -2.44. The van der Waals surface area contributed by atoms with Crippen molar-refractivity contribution in [1.29, 1.82) is 0 Å². The fourth-order valence-corrected chi connectivity index (χ4v) is 3.12. The summed E-state index contributed by atoms with van der Waals surface area (Å²) in [5, 5.41) is 5.76. The van der Waals surface area contributed by atoms with Gasteiger partial charge in [-0.15, -0.1) is 0 Å². The number of hydrogen-bond acceptors (Lipinski definition) is 3. The second-order valence-corrected chi connectivity index (χ2v) is 6.69. The van der Waals surface area contributed by atoms with Crippen molar-refractivity contribution < 1.29 is 9.59 Å². The first-order valence-corrected chi connectivity index (χ1v) is 8.74. The molecule has 3 amide bonds. The molecule has 0 aliphatic carbocycles. The zero-order chi connectivity index (χ0) is 18.7. The van der Waals surface area contributed by atoms with Crippen LogP contribution in [0.5, 0.6) is 0 Å². The minimum atomic E-state index is -0.502. The summed E-state index contributed by atoms with van der Waals surface area (Å²) in [6.45, 7) is 4.82. The molecule has 6 nitrogen and oxygen atoms in total. The minimum absolute atomic E-state index is 0.0499. The lowest BCUT2D eigenvalue weighted by atomic mass is 9.97. The van der Waals surface area contributed by atoms with Gasteiger partial charge in [-0.05, 0) is 49.6 Å². The zero-order valence-electron chi connectivity index (χ0n) is 15.1. The highest BCUT2D eigenvalue weighted by atomic mass is 16.2. The van der Waals surface area contributed by atoms with E-state index in [1.807, 2.05) is 49.4 Å². The van der Waals surface area contributed by atoms with Gasteiger partial charge in [0.15, 0.2) is 0 Å². The van der Waals surface area contributed by atoms with Gasteiger partial charge in [-0.2, -0.15) is 0 Å². The highest BCUT2D eigenvalue weighted by molar-refractivity contribution is 6.00. The first kappa shape index (κ1) is 17.9. The van der Waals surface area contributed by atoms with Gasteiger partial charge < -0.3 is 21.3 Å². The smallest absolute Gasteiger partial charge is 0.323 e. The molecule has 1 atom stereocenters. The molecule has 0 unspecified atom stereocenters. The highest BCUT2D eigenvalue weighted by Crippen LogP contribution is 2.26. The minimum Gasteiger partial charge on any atom is -0.337 e. The maximum absolute atomic E-state index is 12.3. The van der Waals surface area contributed by atoms with Crippen molar-refractivity contribution in [2.75, 3.05) is 17.2 Å². The van der Waals surface area contributed by atoms with Crippen molar-refractivity contribution in [3.63, 3.8) is 0 Å². The van der Waals surface area contributed by atoms with E-state index in [1.54, 1.807) is 11.8 Å². The van der Waals surface area contributed by atoms with Gasteiger partial charge in [0.05, 0.1) is 6.04 Å². The molecule has 3 rings (SSSR count). The first-order valence-electron chi connectivity index (χ1n) is 8.74. The molecule has 1 heterocycles. The van der Waals surface area contributed by atoms with Crippen LogP contribution in [0, 0.1) is 6.92 Å². The van der Waals surface area contributed by atoms with Crippen molar-refractivity contribution >= 4 is 23.3 Å². The summed E-state index contributed by atoms with van der Waals surface area (Å²) in [4.78, 5) is 26.2. The summed E-state index contributed by atoms with van der Waals surface area (Å²) in [5.74, 6) is -0.0499. The summed E-state index contributed by atoms with van der Waals surface area (Å²) < 4.78 is 0. The molecule has 4 N–H and O–H groups in total. The summed E-state index contributed by atoms with van der Waals surface area (Å²) in [6.07, 6.45) is 0.689. The van der Waals surface area contributed by atoms with E-state index in [2.05, 4.69) is 10.6 Å². The monoisotopic (exact) mass is 352 g/mol. The van der Waals surface area contributed by atoms with Gasteiger partial charge in [-0.25, -0.2) is 4.79 Å². The van der Waals surface area contributed by atoms with Gasteiger partial charge in [0.1, 0.15) is 0 Å². The SMILES string of the molecule is Cc1ccc(NC(=O)Nc2cccc3c2CCN(C(=O)[C@H](C)N)C3)cc1. The average Bonchev–Trinajstić information content (AvgIpc) is 2.62. The summed E-state index contributed by atoms with van der Waals surface area (Å²) >= 11 is 0. The predicted molar refractivity (Wildman–Crippen MR) is 103 cm³/mol. The first-order chi connectivity index (χ1) is 12.4. The molecule has 136 valence electrons. The predicted octanol–water partition coefficient (Wildman–Crippen LogP) is 2.87. The Labute approximate surface area is 153 Å². The van der Waals surface area contributed by atoms with Crippen LogP contribution in [0.1, 0.15) is 23.6 Å². The molecule has 1 aliphatic heterocycles. The van der Waals surface area contributed by atoms with E-state index < -0.39 is 6.04 Å². The summed E-state index contributed by atoms with van der Waals surface area (Å²) in [6, 6.07) is 12.6. The molecule has 26 heavy (non-hydrogen) atoms. The number of fused-ring (bicyclic) bond motifs is 1. The third-order valence-corrected chi connectivity index (χ3v) is 4.52. The van der Waals surface area contributed by atoms with E-state index in [0.29, 0.717) is 19.5 Å². The Balaban J connectivity index is 1.70. The number of carbonyl (C=O) groups excluding carboxylic acids is 2. The van der Waals surface area contributed by atoms with Gasteiger partial charge >= 0.3 is 6.03 Å². The van der Waals surface area contributed by atoms with Crippen LogP contribution in [0.4, 0.5) is 16.2 Å². The van der Waals surface area contributed by atoms with Gasteiger partial charge in [-0.3, -0.25) is 4.79 Å². The number of nitrogens with zero attached hydrogens (tertiary/aromatic N) is 1. The van der Waals surface area contributed by atoms with E-state index in [4.69, 9.17) is 5.73 Å². The molecule has 1 aliphatic rings. The largest absolute Gasteiger partial charge is 0.337 e. The van der Waals surface area contributed by atoms with Crippen molar-refractivity contribution in [3.8, 4) is 0 Å². The number of nitrogens with one attached hydrogen (secondary N) is 2. The number of benzene rings is 2. The number of urea groups is 1. The molecule has 6 heteroatoms. The Morgan fingerprint density at radius 2 is 1.85 bits per heavy atom. The summed E-state index contributed by atoms with van der Waals surface area (Å²) in [5.41, 5.74) is 10.5. The van der Waals surface area contributed by atoms with Crippen LogP contribution in [0.15, 0.2) is 42.5 Å². The molecule has 0 spiro atoms. The van der Waals surface area contributed by atoms with Crippen LogP contribution in [0.2, 0.25) is 0 Å². The second kappa shape index (κ2) is 7.58. The Hall–Kier alpha value is -2.86. The number of amides is 3. The lowest BCUT2D eigenvalue weighted by molar-refractivity contribution is -0.133. The molecule has 0 fully saturated rings. The zero-order valence-corrected chi connectivity index (χ0v) is 15.1. The number of carbonyl (C=O) groups is 2. The van der Waals surface area contributed by atoms with Crippen molar-refractivity contribution in [2.24, 2.45) is 5.73 Å². The lowest BCUT2D eigenvalue weighted by Gasteiger charge is -2.31. The maximum atomic E-state index is 12.3. The highest BCUT2D eigenvalue weighted by Gasteiger charge is 2.24. The molecule has 0 saturated carbocycles. The van der Waals surface area contributed by atoms with E-state index in [9.17, 15) is 9.59 Å². The number of anilines is 2. The van der Waals surface area contributed by atoms with Gasteiger partial charge in [0.25, 0.3) is 0 Å². The van der Waals surface area contributed by atoms with Crippen LogP contribution >= 0.6 is 0 Å². The molecule has 2 aromatic carbocycles. The van der Waals surface area contributed by atoms with Crippen molar-refractivity contribution in [1.82, 2.24) is 4.90 Å². The van der Waals surface area contributed by atoms with Crippen LogP contribution in [0.3, 0.4) is 0 Å². The average molecular weight is 352 g/mol. The second-order valence-electron chi connectivity index (χ2n) is 6.69. The third-order valence-electron chi connectivity index (χ3n) is 4.52. The number of aryl methyl sites for hydroxylation is 1. The topological polar surface area (TPSA) is 87.5 Å². The molecule has 2 aromatic rings. The van der Waals surface area contributed by atoms with Gasteiger partial charge in [0.2, 0.25) is 5.91 Å². The Morgan fingerprint density at radius 1 is 1.12 bits per heavy atom. The van der Waals surface area contributed by atoms with E-state index in [-0.39, 0.29) is 11.9 Å². The van der Waals surface area contributed by atoms with E-state index in [1.165, 1.54) is 0 Å². The molecular formula is C20H24N4O2. The van der Waals surface area contributed by atoms with Crippen LogP contribution in [0.25, 0.3) is 0 Å². The number of hydrogen-bond donors (Lipinski definition) is 3. The number of rotatable bonds is 3. The Bertz CT molecular complexity index is 815. The van der Waals surface area contributed by atoms with Crippen LogP contribution in [-0.2, 0) is 17.8 Å². The van der Waals surface area contributed by atoms with Gasteiger partial charge in [0, 0.05) is 24.5 Å².